The lowest BCUT2D eigenvalue weighted by Gasteiger charge is -2.07. The second-order valence-electron chi connectivity index (χ2n) is 3.89. The molecule has 0 fully saturated rings. The molecule has 2 heterocycles. The minimum atomic E-state index is 0.187. The molecule has 6 heteroatoms. The number of benzene rings is 1. The number of fused-ring (bicyclic) bond motifs is 1. The Kier molecular flexibility index (Phi) is 2.56. The van der Waals surface area contributed by atoms with Crippen LogP contribution in [-0.2, 0) is 11.3 Å². The van der Waals surface area contributed by atoms with Crippen LogP contribution in [0.1, 0.15) is 5.56 Å². The molecule has 0 unspecified atom stereocenters. The summed E-state index contributed by atoms with van der Waals surface area (Å²) in [6.07, 6.45) is 0. The first-order chi connectivity index (χ1) is 8.79. The lowest BCUT2D eigenvalue weighted by atomic mass is 10.1. The van der Waals surface area contributed by atoms with Crippen LogP contribution in [0.25, 0.3) is 11.3 Å². The first-order valence-electron chi connectivity index (χ1n) is 5.42. The van der Waals surface area contributed by atoms with E-state index in [0.29, 0.717) is 29.7 Å². The van der Waals surface area contributed by atoms with Crippen LogP contribution in [0.15, 0.2) is 22.7 Å². The highest BCUT2D eigenvalue weighted by Crippen LogP contribution is 2.44. The van der Waals surface area contributed by atoms with Crippen molar-refractivity contribution >= 4 is 5.82 Å². The van der Waals surface area contributed by atoms with E-state index in [0.717, 1.165) is 11.1 Å². The van der Waals surface area contributed by atoms with E-state index in [-0.39, 0.29) is 6.79 Å². The monoisotopic (exact) mass is 248 g/mol. The number of ether oxygens (including phenoxy) is 3. The van der Waals surface area contributed by atoms with Crippen LogP contribution >= 0.6 is 0 Å². The zero-order valence-corrected chi connectivity index (χ0v) is 9.80. The quantitative estimate of drug-likeness (QED) is 0.892. The molecule has 1 aliphatic rings. The number of rotatable bonds is 3. The lowest BCUT2D eigenvalue weighted by Crippen LogP contribution is -1.95. The highest BCUT2D eigenvalue weighted by molar-refractivity contribution is 5.73. The van der Waals surface area contributed by atoms with E-state index in [9.17, 15) is 0 Å². The number of anilines is 1. The fourth-order valence-electron chi connectivity index (χ4n) is 1.93. The Labute approximate surface area is 103 Å². The molecule has 18 heavy (non-hydrogen) atoms. The third-order valence-electron chi connectivity index (χ3n) is 2.69. The molecule has 0 spiro atoms. The average Bonchev–Trinajstić information content (AvgIpc) is 2.98. The predicted octanol–water partition coefficient (Wildman–Crippen LogP) is 1.80. The number of nitrogens with two attached hydrogens (primary N) is 1. The summed E-state index contributed by atoms with van der Waals surface area (Å²) in [7, 11) is 1.63. The molecule has 0 saturated heterocycles. The average molecular weight is 248 g/mol. The van der Waals surface area contributed by atoms with Gasteiger partial charge in [0, 0.05) is 18.7 Å². The van der Waals surface area contributed by atoms with Crippen molar-refractivity contribution in [2.45, 2.75) is 6.61 Å². The molecular weight excluding hydrogens is 236 g/mol. The van der Waals surface area contributed by atoms with Crippen molar-refractivity contribution in [3.63, 3.8) is 0 Å². The van der Waals surface area contributed by atoms with Crippen LogP contribution in [0, 0.1) is 0 Å². The van der Waals surface area contributed by atoms with Gasteiger partial charge in [-0.25, -0.2) is 0 Å². The number of hydrogen-bond donors (Lipinski definition) is 1. The molecule has 6 nitrogen and oxygen atoms in total. The highest BCUT2D eigenvalue weighted by Gasteiger charge is 2.24. The minimum Gasteiger partial charge on any atom is -0.453 e. The topological polar surface area (TPSA) is 79.7 Å². The minimum absolute atomic E-state index is 0.187. The third kappa shape index (κ3) is 1.67. The smallest absolute Gasteiger partial charge is 0.231 e. The molecule has 94 valence electrons. The van der Waals surface area contributed by atoms with Crippen LogP contribution in [0.2, 0.25) is 0 Å². The summed E-state index contributed by atoms with van der Waals surface area (Å²) < 4.78 is 21.2. The van der Waals surface area contributed by atoms with Gasteiger partial charge in [-0.2, -0.15) is 0 Å². The van der Waals surface area contributed by atoms with Crippen molar-refractivity contribution in [3.05, 3.63) is 23.8 Å². The van der Waals surface area contributed by atoms with Gasteiger partial charge in [0.25, 0.3) is 0 Å². The second kappa shape index (κ2) is 4.23. The molecule has 0 atom stereocenters. The van der Waals surface area contributed by atoms with Crippen molar-refractivity contribution in [3.8, 4) is 22.8 Å². The van der Waals surface area contributed by atoms with Gasteiger partial charge in [-0.1, -0.05) is 11.2 Å². The fraction of sp³-hybridized carbons (Fsp3) is 0.250. The van der Waals surface area contributed by atoms with Gasteiger partial charge in [-0.3, -0.25) is 0 Å². The van der Waals surface area contributed by atoms with Gasteiger partial charge in [-0.05, 0) is 6.07 Å². The van der Waals surface area contributed by atoms with Gasteiger partial charge < -0.3 is 24.5 Å². The second-order valence-corrected chi connectivity index (χ2v) is 3.89. The Balaban J connectivity index is 2.10. The lowest BCUT2D eigenvalue weighted by molar-refractivity contribution is 0.163. The number of methoxy groups -OCH3 is 1. The van der Waals surface area contributed by atoms with Crippen LogP contribution in [0.5, 0.6) is 11.5 Å². The summed E-state index contributed by atoms with van der Waals surface area (Å²) in [6, 6.07) is 5.43. The zero-order chi connectivity index (χ0) is 12.5. The largest absolute Gasteiger partial charge is 0.453 e. The first-order valence-corrected chi connectivity index (χ1v) is 5.42. The van der Waals surface area contributed by atoms with Crippen LogP contribution in [0.4, 0.5) is 5.82 Å². The molecular formula is C12H12N2O4. The first kappa shape index (κ1) is 10.9. The molecule has 2 N–H and O–H groups in total. The van der Waals surface area contributed by atoms with Crippen LogP contribution in [-0.4, -0.2) is 19.1 Å². The molecule has 2 aromatic rings. The fourth-order valence-corrected chi connectivity index (χ4v) is 1.93. The maximum atomic E-state index is 5.54. The van der Waals surface area contributed by atoms with E-state index in [1.807, 2.05) is 12.1 Å². The molecule has 1 aromatic carbocycles. The van der Waals surface area contributed by atoms with Crippen molar-refractivity contribution in [1.82, 2.24) is 5.16 Å². The summed E-state index contributed by atoms with van der Waals surface area (Å²) >= 11 is 0. The number of aromatic nitrogens is 1. The van der Waals surface area contributed by atoms with E-state index < -0.39 is 0 Å². The maximum Gasteiger partial charge on any atom is 0.231 e. The third-order valence-corrected chi connectivity index (χ3v) is 2.69. The zero-order valence-electron chi connectivity index (χ0n) is 9.80. The van der Waals surface area contributed by atoms with Crippen LogP contribution < -0.4 is 15.2 Å². The number of nitrogen functional groups attached to an aromatic ring is 1. The molecule has 0 saturated carbocycles. The predicted molar refractivity (Wildman–Crippen MR) is 63.2 cm³/mol. The van der Waals surface area contributed by atoms with E-state index >= 15 is 0 Å². The number of hydrogen-bond acceptors (Lipinski definition) is 6. The normalized spacial score (nSPS) is 12.9. The van der Waals surface area contributed by atoms with Crippen molar-refractivity contribution in [2.75, 3.05) is 19.6 Å². The van der Waals surface area contributed by atoms with Crippen LogP contribution in [0.3, 0.4) is 0 Å². The van der Waals surface area contributed by atoms with E-state index in [4.69, 9.17) is 24.5 Å². The Morgan fingerprint density at radius 2 is 2.17 bits per heavy atom. The van der Waals surface area contributed by atoms with Gasteiger partial charge in [0.1, 0.15) is 0 Å². The van der Waals surface area contributed by atoms with Gasteiger partial charge in [0.2, 0.25) is 6.79 Å². The van der Waals surface area contributed by atoms with Crippen molar-refractivity contribution in [2.24, 2.45) is 0 Å². The summed E-state index contributed by atoms with van der Waals surface area (Å²) in [6.45, 7) is 0.650. The van der Waals surface area contributed by atoms with Gasteiger partial charge >= 0.3 is 0 Å². The van der Waals surface area contributed by atoms with Crippen molar-refractivity contribution in [1.29, 1.82) is 0 Å². The SMILES string of the molecule is COCc1ccc(-c2cc(N)no2)c2c1OCO2. The summed E-state index contributed by atoms with van der Waals surface area (Å²) in [5.74, 6) is 2.21. The van der Waals surface area contributed by atoms with E-state index in [1.165, 1.54) is 0 Å². The molecule has 0 aliphatic carbocycles. The molecule has 3 rings (SSSR count). The standard InChI is InChI=1S/C12H12N2O4/c1-15-5-7-2-3-8(9-4-10(13)14-18-9)12-11(7)16-6-17-12/h2-4H,5-6H2,1H3,(H2,13,14). The summed E-state index contributed by atoms with van der Waals surface area (Å²) in [5.41, 5.74) is 7.24. The van der Waals surface area contributed by atoms with Gasteiger partial charge in [0.05, 0.1) is 12.2 Å². The Hall–Kier alpha value is -2.21. The van der Waals surface area contributed by atoms with Crippen molar-refractivity contribution < 1.29 is 18.7 Å². The number of nitrogens with zero attached hydrogens (tertiary/aromatic N) is 1. The summed E-state index contributed by atoms with van der Waals surface area (Å²) in [4.78, 5) is 0. The summed E-state index contributed by atoms with van der Waals surface area (Å²) in [5, 5.41) is 3.66. The molecule has 0 bridgehead atoms. The molecule has 0 radical (unpaired) electrons. The van der Waals surface area contributed by atoms with Gasteiger partial charge in [-0.15, -0.1) is 0 Å². The maximum absolute atomic E-state index is 5.54. The Morgan fingerprint density at radius 1 is 1.33 bits per heavy atom. The van der Waals surface area contributed by atoms with Gasteiger partial charge in [0.15, 0.2) is 23.1 Å². The van der Waals surface area contributed by atoms with E-state index in [2.05, 4.69) is 5.16 Å². The Morgan fingerprint density at radius 3 is 2.89 bits per heavy atom. The van der Waals surface area contributed by atoms with E-state index in [1.54, 1.807) is 13.2 Å². The molecule has 0 amide bonds. The molecule has 1 aliphatic heterocycles. The highest BCUT2D eigenvalue weighted by atomic mass is 16.7. The Bertz CT molecular complexity index is 579. The molecule has 1 aromatic heterocycles.